The first kappa shape index (κ1) is 10.1. The molecule has 0 aliphatic rings. The first-order valence-electron chi connectivity index (χ1n) is 3.96. The maximum absolute atomic E-state index is 8.43. The zero-order chi connectivity index (χ0) is 9.90. The molecular weight excluding hydrogens is 184 g/mol. The molecule has 0 saturated carbocycles. The number of thioether (sulfide) groups is 1. The quantitative estimate of drug-likeness (QED) is 0.675. The highest BCUT2D eigenvalue weighted by atomic mass is 32.2. The van der Waals surface area contributed by atoms with Crippen molar-refractivity contribution in [3.63, 3.8) is 0 Å². The minimum Gasteiger partial charge on any atom is -0.303 e. The fourth-order valence-electron chi connectivity index (χ4n) is 0.880. The van der Waals surface area contributed by atoms with Gasteiger partial charge in [0.2, 0.25) is 0 Å². The van der Waals surface area contributed by atoms with Gasteiger partial charge in [-0.3, -0.25) is 0 Å². The second kappa shape index (κ2) is 3.79. The van der Waals surface area contributed by atoms with E-state index in [4.69, 9.17) is 5.26 Å². The molecular formula is C8H12N4S. The van der Waals surface area contributed by atoms with Crippen LogP contribution in [0.25, 0.3) is 0 Å². The van der Waals surface area contributed by atoms with Crippen molar-refractivity contribution >= 4 is 11.8 Å². The van der Waals surface area contributed by atoms with Crippen molar-refractivity contribution in [1.82, 2.24) is 14.8 Å². The highest BCUT2D eigenvalue weighted by Gasteiger charge is 2.17. The summed E-state index contributed by atoms with van der Waals surface area (Å²) in [7, 11) is 0. The highest BCUT2D eigenvalue weighted by Crippen LogP contribution is 2.21. The number of hydrogen-bond donors (Lipinski definition) is 0. The van der Waals surface area contributed by atoms with Gasteiger partial charge in [0.1, 0.15) is 6.33 Å². The van der Waals surface area contributed by atoms with Crippen LogP contribution in [0.15, 0.2) is 11.5 Å². The number of nitriles is 1. The molecule has 0 aliphatic heterocycles. The average molecular weight is 196 g/mol. The van der Waals surface area contributed by atoms with Gasteiger partial charge in [0.25, 0.3) is 0 Å². The van der Waals surface area contributed by atoms with Crippen molar-refractivity contribution < 1.29 is 0 Å². The fourth-order valence-corrected chi connectivity index (χ4v) is 1.64. The van der Waals surface area contributed by atoms with Gasteiger partial charge in [0, 0.05) is 5.54 Å². The van der Waals surface area contributed by atoms with Crippen LogP contribution in [-0.4, -0.2) is 20.5 Å². The van der Waals surface area contributed by atoms with Crippen molar-refractivity contribution in [2.45, 2.75) is 31.5 Å². The van der Waals surface area contributed by atoms with Crippen LogP contribution < -0.4 is 0 Å². The number of hydrogen-bond acceptors (Lipinski definition) is 4. The Morgan fingerprint density at radius 1 is 1.62 bits per heavy atom. The first-order chi connectivity index (χ1) is 6.05. The van der Waals surface area contributed by atoms with Gasteiger partial charge in [-0.2, -0.15) is 5.26 Å². The molecule has 4 nitrogen and oxygen atoms in total. The molecule has 0 fully saturated rings. The largest absolute Gasteiger partial charge is 0.303 e. The minimum atomic E-state index is -0.0265. The summed E-state index contributed by atoms with van der Waals surface area (Å²) in [4.78, 5) is 0. The molecule has 0 aliphatic carbocycles. The van der Waals surface area contributed by atoms with Crippen molar-refractivity contribution in [3.05, 3.63) is 6.33 Å². The Bertz CT molecular complexity index is 318. The van der Waals surface area contributed by atoms with E-state index in [2.05, 4.69) is 37.0 Å². The maximum atomic E-state index is 8.43. The zero-order valence-corrected chi connectivity index (χ0v) is 8.80. The van der Waals surface area contributed by atoms with Crippen LogP contribution in [0.3, 0.4) is 0 Å². The lowest BCUT2D eigenvalue weighted by atomic mass is 10.1. The Kier molecular flexibility index (Phi) is 2.94. The lowest BCUT2D eigenvalue weighted by Crippen LogP contribution is -2.21. The van der Waals surface area contributed by atoms with Gasteiger partial charge >= 0.3 is 0 Å². The van der Waals surface area contributed by atoms with Crippen LogP contribution in [0.5, 0.6) is 0 Å². The number of rotatable bonds is 2. The summed E-state index contributed by atoms with van der Waals surface area (Å²) in [5.74, 6) is 0.411. The molecule has 0 N–H and O–H groups in total. The zero-order valence-electron chi connectivity index (χ0n) is 7.98. The van der Waals surface area contributed by atoms with Crippen LogP contribution in [0, 0.1) is 11.3 Å². The molecule has 13 heavy (non-hydrogen) atoms. The van der Waals surface area contributed by atoms with E-state index < -0.39 is 0 Å². The normalized spacial score (nSPS) is 11.2. The molecule has 0 amide bonds. The lowest BCUT2D eigenvalue weighted by molar-refractivity contribution is 0.367. The molecule has 1 aromatic heterocycles. The summed E-state index contributed by atoms with van der Waals surface area (Å²) >= 11 is 1.41. The molecule has 0 atom stereocenters. The van der Waals surface area contributed by atoms with E-state index in [9.17, 15) is 0 Å². The molecule has 1 rings (SSSR count). The van der Waals surface area contributed by atoms with Gasteiger partial charge < -0.3 is 4.57 Å². The number of aromatic nitrogens is 3. The van der Waals surface area contributed by atoms with Crippen LogP contribution in [0.1, 0.15) is 20.8 Å². The SMILES string of the molecule is CC(C)(C)n1cnnc1SCC#N. The van der Waals surface area contributed by atoms with Crippen LogP contribution >= 0.6 is 11.8 Å². The minimum absolute atomic E-state index is 0.0265. The average Bonchev–Trinajstić information content (AvgIpc) is 2.47. The van der Waals surface area contributed by atoms with E-state index in [1.54, 1.807) is 6.33 Å². The van der Waals surface area contributed by atoms with E-state index in [1.807, 2.05) is 4.57 Å². The highest BCUT2D eigenvalue weighted by molar-refractivity contribution is 7.99. The topological polar surface area (TPSA) is 54.5 Å². The Hall–Kier alpha value is -1.02. The Morgan fingerprint density at radius 3 is 2.85 bits per heavy atom. The van der Waals surface area contributed by atoms with E-state index in [-0.39, 0.29) is 5.54 Å². The summed E-state index contributed by atoms with van der Waals surface area (Å²) < 4.78 is 1.97. The maximum Gasteiger partial charge on any atom is 0.192 e. The van der Waals surface area contributed by atoms with E-state index in [0.29, 0.717) is 5.75 Å². The van der Waals surface area contributed by atoms with E-state index >= 15 is 0 Å². The second-order valence-electron chi connectivity index (χ2n) is 3.60. The van der Waals surface area contributed by atoms with Crippen LogP contribution in [-0.2, 0) is 5.54 Å². The molecule has 0 radical (unpaired) electrons. The molecule has 1 heterocycles. The van der Waals surface area contributed by atoms with Gasteiger partial charge in [-0.15, -0.1) is 10.2 Å². The molecule has 0 bridgehead atoms. The predicted octanol–water partition coefficient (Wildman–Crippen LogP) is 1.65. The van der Waals surface area contributed by atoms with E-state index in [0.717, 1.165) is 5.16 Å². The van der Waals surface area contributed by atoms with Crippen molar-refractivity contribution in [2.24, 2.45) is 0 Å². The molecule has 0 unspecified atom stereocenters. The predicted molar refractivity (Wildman–Crippen MR) is 51.4 cm³/mol. The van der Waals surface area contributed by atoms with Gasteiger partial charge in [0.05, 0.1) is 11.8 Å². The summed E-state index contributed by atoms with van der Waals surface area (Å²) in [5.41, 5.74) is -0.0265. The molecule has 0 saturated heterocycles. The third kappa shape index (κ3) is 2.46. The summed E-state index contributed by atoms with van der Waals surface area (Å²) in [6.07, 6.45) is 1.69. The standard InChI is InChI=1S/C8H12N4S/c1-8(2,3)12-6-10-11-7(12)13-5-4-9/h6H,5H2,1-3H3. The third-order valence-electron chi connectivity index (χ3n) is 1.51. The summed E-state index contributed by atoms with van der Waals surface area (Å²) in [6.45, 7) is 6.23. The van der Waals surface area contributed by atoms with Gasteiger partial charge in [0.15, 0.2) is 5.16 Å². The van der Waals surface area contributed by atoms with Gasteiger partial charge in [-0.25, -0.2) is 0 Å². The lowest BCUT2D eigenvalue weighted by Gasteiger charge is -2.21. The fraction of sp³-hybridized carbons (Fsp3) is 0.625. The molecule has 0 spiro atoms. The van der Waals surface area contributed by atoms with Gasteiger partial charge in [-0.05, 0) is 20.8 Å². The van der Waals surface area contributed by atoms with E-state index in [1.165, 1.54) is 11.8 Å². The van der Waals surface area contributed by atoms with Crippen molar-refractivity contribution in [3.8, 4) is 6.07 Å². The summed E-state index contributed by atoms with van der Waals surface area (Å²) in [6, 6.07) is 2.07. The Balaban J connectivity index is 2.85. The Morgan fingerprint density at radius 2 is 2.31 bits per heavy atom. The second-order valence-corrected chi connectivity index (χ2v) is 4.54. The summed E-state index contributed by atoms with van der Waals surface area (Å²) in [5, 5.41) is 17.0. The molecule has 5 heteroatoms. The number of nitrogens with zero attached hydrogens (tertiary/aromatic N) is 4. The monoisotopic (exact) mass is 196 g/mol. The van der Waals surface area contributed by atoms with Gasteiger partial charge in [-0.1, -0.05) is 11.8 Å². The van der Waals surface area contributed by atoms with Crippen LogP contribution in [0.2, 0.25) is 0 Å². The van der Waals surface area contributed by atoms with Crippen molar-refractivity contribution in [1.29, 1.82) is 5.26 Å². The molecule has 1 aromatic rings. The third-order valence-corrected chi connectivity index (χ3v) is 2.31. The molecule has 70 valence electrons. The smallest absolute Gasteiger partial charge is 0.192 e. The first-order valence-corrected chi connectivity index (χ1v) is 4.94. The van der Waals surface area contributed by atoms with Crippen LogP contribution in [0.4, 0.5) is 0 Å². The van der Waals surface area contributed by atoms with Crippen molar-refractivity contribution in [2.75, 3.05) is 5.75 Å². The molecule has 0 aromatic carbocycles. The Labute approximate surface area is 82.0 Å².